The van der Waals surface area contributed by atoms with Crippen LogP contribution in [0.4, 0.5) is 5.95 Å². The molecule has 118 valence electrons. The van der Waals surface area contributed by atoms with Crippen LogP contribution in [-0.4, -0.2) is 46.5 Å². The van der Waals surface area contributed by atoms with Crippen molar-refractivity contribution < 1.29 is 4.79 Å². The number of imidazole rings is 1. The van der Waals surface area contributed by atoms with Crippen molar-refractivity contribution in [3.05, 3.63) is 12.4 Å². The highest BCUT2D eigenvalue weighted by molar-refractivity contribution is 5.79. The van der Waals surface area contributed by atoms with E-state index in [0.717, 1.165) is 57.8 Å². The maximum Gasteiger partial charge on any atom is 0.225 e. The predicted molar refractivity (Wildman–Crippen MR) is 85.3 cm³/mol. The van der Waals surface area contributed by atoms with Gasteiger partial charge in [0.2, 0.25) is 11.9 Å². The minimum Gasteiger partial charge on any atom is -0.339 e. The first-order chi connectivity index (χ1) is 10.2. The van der Waals surface area contributed by atoms with Gasteiger partial charge in [0.05, 0.1) is 0 Å². The summed E-state index contributed by atoms with van der Waals surface area (Å²) >= 11 is 0. The smallest absolute Gasteiger partial charge is 0.225 e. The molecule has 5 nitrogen and oxygen atoms in total. The molecule has 21 heavy (non-hydrogen) atoms. The Hall–Kier alpha value is -1.52. The van der Waals surface area contributed by atoms with Gasteiger partial charge in [-0.3, -0.25) is 4.79 Å². The van der Waals surface area contributed by atoms with Crippen LogP contribution in [0.1, 0.15) is 39.5 Å². The van der Waals surface area contributed by atoms with Crippen molar-refractivity contribution in [1.29, 1.82) is 0 Å². The van der Waals surface area contributed by atoms with Gasteiger partial charge in [-0.25, -0.2) is 4.98 Å². The van der Waals surface area contributed by atoms with Gasteiger partial charge in [-0.2, -0.15) is 0 Å². The summed E-state index contributed by atoms with van der Waals surface area (Å²) in [5.74, 6) is 1.58. The maximum absolute atomic E-state index is 12.6. The maximum atomic E-state index is 12.6. The number of aromatic nitrogens is 2. The summed E-state index contributed by atoms with van der Waals surface area (Å²) in [7, 11) is 2.01. The second kappa shape index (κ2) is 7.48. The first-order valence-corrected chi connectivity index (χ1v) is 8.18. The Morgan fingerprint density at radius 1 is 1.19 bits per heavy atom. The van der Waals surface area contributed by atoms with Crippen LogP contribution < -0.4 is 4.90 Å². The zero-order valence-electron chi connectivity index (χ0n) is 13.6. The average molecular weight is 292 g/mol. The van der Waals surface area contributed by atoms with Crippen molar-refractivity contribution in [2.75, 3.05) is 31.1 Å². The number of amides is 1. The molecule has 1 aromatic heterocycles. The van der Waals surface area contributed by atoms with Crippen LogP contribution in [0.2, 0.25) is 0 Å². The fourth-order valence-electron chi connectivity index (χ4n) is 3.14. The van der Waals surface area contributed by atoms with E-state index in [1.165, 1.54) is 0 Å². The standard InChI is InChI=1S/C16H28N4O/c1-4-6-14(7-5-2)15(21)19-10-12-20(13-11-19)16-17-8-9-18(16)3/h8-9,14H,4-7,10-13H2,1-3H3. The third-order valence-electron chi connectivity index (χ3n) is 4.29. The van der Waals surface area contributed by atoms with Gasteiger partial charge in [-0.05, 0) is 12.8 Å². The molecular formula is C16H28N4O. The van der Waals surface area contributed by atoms with E-state index in [-0.39, 0.29) is 5.92 Å². The van der Waals surface area contributed by atoms with Crippen molar-refractivity contribution in [3.8, 4) is 0 Å². The lowest BCUT2D eigenvalue weighted by atomic mass is 9.96. The fraction of sp³-hybridized carbons (Fsp3) is 0.750. The lowest BCUT2D eigenvalue weighted by molar-refractivity contribution is -0.136. The van der Waals surface area contributed by atoms with Crippen LogP contribution in [0.25, 0.3) is 0 Å². The highest BCUT2D eigenvalue weighted by Gasteiger charge is 2.27. The molecule has 0 atom stereocenters. The SMILES string of the molecule is CCCC(CCC)C(=O)N1CCN(c2nccn2C)CC1. The highest BCUT2D eigenvalue weighted by atomic mass is 16.2. The normalized spacial score (nSPS) is 15.8. The Labute approximate surface area is 127 Å². The Morgan fingerprint density at radius 3 is 2.29 bits per heavy atom. The monoisotopic (exact) mass is 292 g/mol. The number of hydrogen-bond donors (Lipinski definition) is 0. The summed E-state index contributed by atoms with van der Waals surface area (Å²) < 4.78 is 2.04. The number of hydrogen-bond acceptors (Lipinski definition) is 3. The van der Waals surface area contributed by atoms with E-state index in [1.807, 2.05) is 24.0 Å². The van der Waals surface area contributed by atoms with E-state index in [0.29, 0.717) is 5.91 Å². The van der Waals surface area contributed by atoms with Crippen molar-refractivity contribution in [2.45, 2.75) is 39.5 Å². The number of carbonyl (C=O) groups excluding carboxylic acids is 1. The van der Waals surface area contributed by atoms with Crippen molar-refractivity contribution in [3.63, 3.8) is 0 Å². The quantitative estimate of drug-likeness (QED) is 0.808. The molecule has 2 rings (SSSR count). The van der Waals surface area contributed by atoms with E-state index >= 15 is 0 Å². The van der Waals surface area contributed by atoms with Crippen molar-refractivity contribution in [2.24, 2.45) is 13.0 Å². The van der Waals surface area contributed by atoms with E-state index in [9.17, 15) is 4.79 Å². The van der Waals surface area contributed by atoms with Crippen molar-refractivity contribution >= 4 is 11.9 Å². The Morgan fingerprint density at radius 2 is 1.81 bits per heavy atom. The van der Waals surface area contributed by atoms with E-state index in [4.69, 9.17) is 0 Å². The van der Waals surface area contributed by atoms with E-state index < -0.39 is 0 Å². The molecule has 5 heteroatoms. The molecule has 1 amide bonds. The lowest BCUT2D eigenvalue weighted by Crippen LogP contribution is -2.51. The van der Waals surface area contributed by atoms with Gasteiger partial charge in [0, 0.05) is 51.5 Å². The molecule has 0 saturated carbocycles. The highest BCUT2D eigenvalue weighted by Crippen LogP contribution is 2.19. The Balaban J connectivity index is 1.90. The van der Waals surface area contributed by atoms with Crippen LogP contribution >= 0.6 is 0 Å². The molecule has 0 spiro atoms. The number of carbonyl (C=O) groups is 1. The van der Waals surface area contributed by atoms with Crippen LogP contribution in [-0.2, 0) is 11.8 Å². The second-order valence-corrected chi connectivity index (χ2v) is 5.92. The molecule has 0 radical (unpaired) electrons. The van der Waals surface area contributed by atoms with Crippen LogP contribution in [0.15, 0.2) is 12.4 Å². The molecule has 0 unspecified atom stereocenters. The zero-order chi connectivity index (χ0) is 15.2. The first-order valence-electron chi connectivity index (χ1n) is 8.18. The van der Waals surface area contributed by atoms with Gasteiger partial charge in [0.15, 0.2) is 0 Å². The van der Waals surface area contributed by atoms with Gasteiger partial charge in [0.25, 0.3) is 0 Å². The number of nitrogens with zero attached hydrogens (tertiary/aromatic N) is 4. The molecular weight excluding hydrogens is 264 g/mol. The summed E-state index contributed by atoms with van der Waals surface area (Å²) in [6, 6.07) is 0. The summed E-state index contributed by atoms with van der Waals surface area (Å²) in [6.07, 6.45) is 8.00. The molecule has 0 N–H and O–H groups in total. The Bertz CT molecular complexity index is 443. The number of piperazine rings is 1. The molecule has 1 fully saturated rings. The van der Waals surface area contributed by atoms with E-state index in [1.54, 1.807) is 0 Å². The third-order valence-corrected chi connectivity index (χ3v) is 4.29. The molecule has 1 aliphatic heterocycles. The number of aryl methyl sites for hydroxylation is 1. The minimum atomic E-state index is 0.222. The fourth-order valence-corrected chi connectivity index (χ4v) is 3.14. The van der Waals surface area contributed by atoms with Gasteiger partial charge < -0.3 is 14.4 Å². The van der Waals surface area contributed by atoms with Crippen LogP contribution in [0.5, 0.6) is 0 Å². The summed E-state index contributed by atoms with van der Waals surface area (Å²) in [5.41, 5.74) is 0. The molecule has 0 bridgehead atoms. The Kier molecular flexibility index (Phi) is 5.65. The number of rotatable bonds is 6. The summed E-state index contributed by atoms with van der Waals surface area (Å²) in [4.78, 5) is 21.3. The first kappa shape index (κ1) is 15.9. The average Bonchev–Trinajstić information content (AvgIpc) is 2.93. The van der Waals surface area contributed by atoms with E-state index in [2.05, 4.69) is 28.6 Å². The third kappa shape index (κ3) is 3.77. The second-order valence-electron chi connectivity index (χ2n) is 5.92. The van der Waals surface area contributed by atoms with Gasteiger partial charge in [0.1, 0.15) is 0 Å². The summed E-state index contributed by atoms with van der Waals surface area (Å²) in [6.45, 7) is 7.71. The molecule has 2 heterocycles. The molecule has 1 saturated heterocycles. The lowest BCUT2D eigenvalue weighted by Gasteiger charge is -2.36. The zero-order valence-corrected chi connectivity index (χ0v) is 13.6. The van der Waals surface area contributed by atoms with Gasteiger partial charge in [-0.1, -0.05) is 26.7 Å². The number of anilines is 1. The van der Waals surface area contributed by atoms with Crippen LogP contribution in [0.3, 0.4) is 0 Å². The molecule has 1 aliphatic rings. The van der Waals surface area contributed by atoms with Gasteiger partial charge >= 0.3 is 0 Å². The molecule has 1 aromatic rings. The minimum absolute atomic E-state index is 0.222. The van der Waals surface area contributed by atoms with Crippen LogP contribution in [0, 0.1) is 5.92 Å². The molecule has 0 aliphatic carbocycles. The van der Waals surface area contributed by atoms with Gasteiger partial charge in [-0.15, -0.1) is 0 Å². The summed E-state index contributed by atoms with van der Waals surface area (Å²) in [5, 5.41) is 0. The molecule has 0 aromatic carbocycles. The van der Waals surface area contributed by atoms with Crippen molar-refractivity contribution in [1.82, 2.24) is 14.5 Å². The topological polar surface area (TPSA) is 41.4 Å². The largest absolute Gasteiger partial charge is 0.339 e. The predicted octanol–water partition coefficient (Wildman–Crippen LogP) is 2.29.